The van der Waals surface area contributed by atoms with E-state index in [1.807, 2.05) is 0 Å². The van der Waals surface area contributed by atoms with E-state index < -0.39 is 0 Å². The first-order chi connectivity index (χ1) is 3.93. The molecule has 0 spiro atoms. The smallest absolute Gasteiger partial charge is 0 e. The minimum atomic E-state index is 0. The number of hydrogen-bond acceptors (Lipinski definition) is 0. The number of hydrogen-bond donors (Lipinski definition) is 0. The average molecular weight is 264 g/mol. The third-order valence-electron chi connectivity index (χ3n) is 1.29. The normalized spacial score (nSPS) is 15.0. The zero-order valence-electron chi connectivity index (χ0n) is 5.63. The predicted molar refractivity (Wildman–Crippen MR) is 35.4 cm³/mol. The van der Waals surface area contributed by atoms with Gasteiger partial charge in [0.25, 0.3) is 0 Å². The summed E-state index contributed by atoms with van der Waals surface area (Å²) in [5.74, 6) is 0. The van der Waals surface area contributed by atoms with Crippen LogP contribution in [0.15, 0.2) is 17.7 Å². The third kappa shape index (κ3) is 3.49. The zero-order chi connectivity index (χ0) is 5.82. The van der Waals surface area contributed by atoms with E-state index in [0.717, 1.165) is 6.42 Å². The first-order valence-corrected chi connectivity index (χ1v) is 3.19. The van der Waals surface area contributed by atoms with Crippen LogP contribution in [0.3, 0.4) is 0 Å². The Bertz CT molecular complexity index is 123. The molecule has 52 valence electrons. The minimum absolute atomic E-state index is 0. The van der Waals surface area contributed by atoms with Gasteiger partial charge in [-0.15, -0.1) is 6.42 Å². The molecule has 0 radical (unpaired) electrons. The molecule has 0 saturated carbocycles. The molecule has 1 aliphatic rings. The van der Waals surface area contributed by atoms with Gasteiger partial charge in [-0.1, -0.05) is 19.8 Å². The first-order valence-electron chi connectivity index (χ1n) is 3.19. The molecule has 0 unspecified atom stereocenters. The number of rotatable bonds is 2. The summed E-state index contributed by atoms with van der Waals surface area (Å²) in [5, 5.41) is 0. The molecule has 0 aromatic carbocycles. The van der Waals surface area contributed by atoms with Gasteiger partial charge in [-0.25, -0.2) is 11.6 Å². The van der Waals surface area contributed by atoms with Gasteiger partial charge in [-0.3, -0.25) is 6.08 Å². The Hall–Kier alpha value is 0.805. The molecule has 1 rings (SSSR count). The summed E-state index contributed by atoms with van der Waals surface area (Å²) in [6.45, 7) is 2.20. The molecule has 0 aromatic rings. The SMILES string of the molecule is CCCC1=[C-]CC=C1.[Gd]. The molecule has 0 aromatic heterocycles. The summed E-state index contributed by atoms with van der Waals surface area (Å²) in [4.78, 5) is 0. The minimum Gasteiger partial charge on any atom is -0.269 e. The topological polar surface area (TPSA) is 0 Å². The summed E-state index contributed by atoms with van der Waals surface area (Å²) < 4.78 is 0. The van der Waals surface area contributed by atoms with Crippen molar-refractivity contribution in [2.45, 2.75) is 26.2 Å². The maximum absolute atomic E-state index is 3.26. The van der Waals surface area contributed by atoms with Crippen LogP contribution in [0.1, 0.15) is 26.2 Å². The fraction of sp³-hybridized carbons (Fsp3) is 0.500. The van der Waals surface area contributed by atoms with Crippen LogP contribution in [0.5, 0.6) is 0 Å². The Morgan fingerprint density at radius 2 is 2.44 bits per heavy atom. The first kappa shape index (κ1) is 9.80. The molecule has 9 heavy (non-hydrogen) atoms. The van der Waals surface area contributed by atoms with Crippen molar-refractivity contribution in [3.63, 3.8) is 0 Å². The van der Waals surface area contributed by atoms with E-state index in [4.69, 9.17) is 0 Å². The van der Waals surface area contributed by atoms with Crippen molar-refractivity contribution in [3.8, 4) is 0 Å². The van der Waals surface area contributed by atoms with E-state index in [-0.39, 0.29) is 39.9 Å². The second kappa shape index (κ2) is 5.58. The third-order valence-corrected chi connectivity index (χ3v) is 1.29. The Morgan fingerprint density at radius 1 is 1.67 bits per heavy atom. The Labute approximate surface area is 89.1 Å². The maximum atomic E-state index is 3.26. The van der Waals surface area contributed by atoms with Gasteiger partial charge >= 0.3 is 0 Å². The zero-order valence-corrected chi connectivity index (χ0v) is 7.90. The van der Waals surface area contributed by atoms with Crippen molar-refractivity contribution >= 4 is 0 Å². The van der Waals surface area contributed by atoms with E-state index in [1.54, 1.807) is 0 Å². The van der Waals surface area contributed by atoms with Crippen LogP contribution < -0.4 is 0 Å². The van der Waals surface area contributed by atoms with E-state index in [2.05, 4.69) is 25.2 Å². The van der Waals surface area contributed by atoms with Crippen LogP contribution in [-0.4, -0.2) is 0 Å². The van der Waals surface area contributed by atoms with Crippen molar-refractivity contribution in [2.24, 2.45) is 0 Å². The standard InChI is InChI=1S/C8H11.Gd/c1-2-5-8-6-3-4-7-8;/h3,6H,2,4-5H2,1H3;/q-1;. The summed E-state index contributed by atoms with van der Waals surface area (Å²) in [6.07, 6.45) is 11.1. The maximum Gasteiger partial charge on any atom is 0 e. The molecule has 1 aliphatic carbocycles. The molecule has 0 fully saturated rings. The molecular formula is C8H11Gd-. The number of allylic oxidation sites excluding steroid dienone is 4. The van der Waals surface area contributed by atoms with Gasteiger partial charge in [0.2, 0.25) is 0 Å². The van der Waals surface area contributed by atoms with Crippen LogP contribution in [0.4, 0.5) is 0 Å². The Balaban J connectivity index is 0.000000640. The van der Waals surface area contributed by atoms with E-state index in [9.17, 15) is 0 Å². The average Bonchev–Trinajstić information content (AvgIpc) is 2.19. The van der Waals surface area contributed by atoms with Crippen molar-refractivity contribution in [3.05, 3.63) is 23.8 Å². The van der Waals surface area contributed by atoms with E-state index in [1.165, 1.54) is 18.4 Å². The van der Waals surface area contributed by atoms with Gasteiger partial charge in [0, 0.05) is 39.9 Å². The quantitative estimate of drug-likeness (QED) is 0.672. The molecule has 0 N–H and O–H groups in total. The summed E-state index contributed by atoms with van der Waals surface area (Å²) in [6, 6.07) is 0. The van der Waals surface area contributed by atoms with Gasteiger partial charge in [-0.05, 0) is 0 Å². The van der Waals surface area contributed by atoms with Gasteiger partial charge in [0.05, 0.1) is 0 Å². The van der Waals surface area contributed by atoms with Crippen LogP contribution in [0.2, 0.25) is 0 Å². The molecule has 0 aliphatic heterocycles. The summed E-state index contributed by atoms with van der Waals surface area (Å²) >= 11 is 0. The second-order valence-corrected chi connectivity index (χ2v) is 2.06. The predicted octanol–water partition coefficient (Wildman–Crippen LogP) is 2.48. The fourth-order valence-corrected chi connectivity index (χ4v) is 0.891. The molecular weight excluding hydrogens is 253 g/mol. The van der Waals surface area contributed by atoms with E-state index >= 15 is 0 Å². The summed E-state index contributed by atoms with van der Waals surface area (Å²) in [5.41, 5.74) is 1.40. The van der Waals surface area contributed by atoms with Crippen molar-refractivity contribution in [1.82, 2.24) is 0 Å². The molecule has 0 heterocycles. The fourth-order valence-electron chi connectivity index (χ4n) is 0.891. The molecule has 0 bridgehead atoms. The van der Waals surface area contributed by atoms with Gasteiger partial charge in [-0.2, -0.15) is 6.08 Å². The van der Waals surface area contributed by atoms with Crippen LogP contribution >= 0.6 is 0 Å². The second-order valence-electron chi connectivity index (χ2n) is 2.06. The van der Waals surface area contributed by atoms with E-state index in [0.29, 0.717) is 0 Å². The molecule has 0 atom stereocenters. The van der Waals surface area contributed by atoms with Crippen LogP contribution in [-0.2, 0) is 0 Å². The molecule has 1 heteroatoms. The molecule has 0 saturated heterocycles. The largest absolute Gasteiger partial charge is 0.269 e. The Morgan fingerprint density at radius 3 is 2.89 bits per heavy atom. The van der Waals surface area contributed by atoms with Crippen LogP contribution in [0, 0.1) is 46.0 Å². The monoisotopic (exact) mass is 265 g/mol. The summed E-state index contributed by atoms with van der Waals surface area (Å²) in [7, 11) is 0. The molecule has 0 nitrogen and oxygen atoms in total. The van der Waals surface area contributed by atoms with Crippen LogP contribution in [0.25, 0.3) is 0 Å². The molecule has 0 amide bonds. The van der Waals surface area contributed by atoms with Gasteiger partial charge in [0.1, 0.15) is 0 Å². The van der Waals surface area contributed by atoms with Gasteiger partial charge in [0.15, 0.2) is 0 Å². The van der Waals surface area contributed by atoms with Crippen molar-refractivity contribution in [2.75, 3.05) is 0 Å². The van der Waals surface area contributed by atoms with Crippen molar-refractivity contribution in [1.29, 1.82) is 0 Å². The van der Waals surface area contributed by atoms with Gasteiger partial charge < -0.3 is 0 Å². The van der Waals surface area contributed by atoms with Crippen molar-refractivity contribution < 1.29 is 39.9 Å². The Kier molecular flexibility index (Phi) is 6.08.